The van der Waals surface area contributed by atoms with Gasteiger partial charge in [0.1, 0.15) is 0 Å². The highest BCUT2D eigenvalue weighted by Gasteiger charge is 2.22. The van der Waals surface area contributed by atoms with E-state index in [1.54, 1.807) is 0 Å². The van der Waals surface area contributed by atoms with E-state index in [9.17, 15) is 0 Å². The SMILES string of the molecule is C=CCC(C)(C)CC1CC=CC1. The first-order chi connectivity index (χ1) is 5.64. The molecular formula is C12H20. The maximum absolute atomic E-state index is 3.80. The summed E-state index contributed by atoms with van der Waals surface area (Å²) in [5.41, 5.74) is 0.457. The van der Waals surface area contributed by atoms with Gasteiger partial charge in [-0.2, -0.15) is 0 Å². The molecule has 12 heavy (non-hydrogen) atoms. The van der Waals surface area contributed by atoms with Gasteiger partial charge in [0.05, 0.1) is 0 Å². The molecule has 1 aliphatic rings. The van der Waals surface area contributed by atoms with Crippen LogP contribution in [0.5, 0.6) is 0 Å². The first-order valence-corrected chi connectivity index (χ1v) is 4.90. The molecule has 0 aromatic heterocycles. The minimum atomic E-state index is 0.457. The van der Waals surface area contributed by atoms with Crippen LogP contribution in [0.1, 0.15) is 39.5 Å². The molecule has 0 aliphatic heterocycles. The summed E-state index contributed by atoms with van der Waals surface area (Å²) < 4.78 is 0. The van der Waals surface area contributed by atoms with Gasteiger partial charge in [-0.05, 0) is 37.0 Å². The zero-order valence-corrected chi connectivity index (χ0v) is 8.34. The van der Waals surface area contributed by atoms with E-state index in [1.165, 1.54) is 19.3 Å². The summed E-state index contributed by atoms with van der Waals surface area (Å²) in [7, 11) is 0. The third-order valence-electron chi connectivity index (χ3n) is 2.64. The van der Waals surface area contributed by atoms with Crippen molar-refractivity contribution in [1.29, 1.82) is 0 Å². The second-order valence-electron chi connectivity index (χ2n) is 4.67. The Bertz CT molecular complexity index is 166. The van der Waals surface area contributed by atoms with Crippen molar-refractivity contribution in [3.63, 3.8) is 0 Å². The van der Waals surface area contributed by atoms with E-state index in [-0.39, 0.29) is 0 Å². The first kappa shape index (κ1) is 9.57. The molecule has 0 amide bonds. The summed E-state index contributed by atoms with van der Waals surface area (Å²) >= 11 is 0. The highest BCUT2D eigenvalue weighted by Crippen LogP contribution is 2.34. The highest BCUT2D eigenvalue weighted by atomic mass is 14.3. The quantitative estimate of drug-likeness (QED) is 0.552. The lowest BCUT2D eigenvalue weighted by Gasteiger charge is -2.26. The van der Waals surface area contributed by atoms with E-state index in [2.05, 4.69) is 32.6 Å². The van der Waals surface area contributed by atoms with Gasteiger partial charge in [0.15, 0.2) is 0 Å². The van der Waals surface area contributed by atoms with Crippen LogP contribution in [0, 0.1) is 11.3 Å². The fraction of sp³-hybridized carbons (Fsp3) is 0.667. The lowest BCUT2D eigenvalue weighted by atomic mass is 9.79. The molecule has 0 heteroatoms. The van der Waals surface area contributed by atoms with Crippen LogP contribution in [0.2, 0.25) is 0 Å². The molecule has 0 fully saturated rings. The van der Waals surface area contributed by atoms with Crippen molar-refractivity contribution >= 4 is 0 Å². The smallest absolute Gasteiger partial charge is 0.0302 e. The molecule has 1 aliphatic carbocycles. The van der Waals surface area contributed by atoms with Gasteiger partial charge < -0.3 is 0 Å². The van der Waals surface area contributed by atoms with Gasteiger partial charge in [-0.25, -0.2) is 0 Å². The molecule has 0 aromatic carbocycles. The molecule has 68 valence electrons. The third kappa shape index (κ3) is 2.84. The number of rotatable bonds is 4. The molecule has 0 bridgehead atoms. The van der Waals surface area contributed by atoms with Crippen LogP contribution in [-0.4, -0.2) is 0 Å². The minimum Gasteiger partial charge on any atom is -0.103 e. The van der Waals surface area contributed by atoms with Crippen LogP contribution < -0.4 is 0 Å². The van der Waals surface area contributed by atoms with Gasteiger partial charge in [0.2, 0.25) is 0 Å². The lowest BCUT2D eigenvalue weighted by molar-refractivity contribution is 0.275. The van der Waals surface area contributed by atoms with Crippen molar-refractivity contribution in [2.24, 2.45) is 11.3 Å². The monoisotopic (exact) mass is 164 g/mol. The number of hydrogen-bond donors (Lipinski definition) is 0. The third-order valence-corrected chi connectivity index (χ3v) is 2.64. The molecule has 0 radical (unpaired) electrons. The standard InChI is InChI=1S/C12H20/c1-4-9-12(2,3)10-11-7-5-6-8-11/h4-6,11H,1,7-10H2,2-3H3. The summed E-state index contributed by atoms with van der Waals surface area (Å²) in [6.45, 7) is 8.49. The largest absolute Gasteiger partial charge is 0.103 e. The van der Waals surface area contributed by atoms with Crippen molar-refractivity contribution in [3.05, 3.63) is 24.8 Å². The predicted octanol–water partition coefficient (Wildman–Crippen LogP) is 3.95. The zero-order chi connectivity index (χ0) is 9.03. The Morgan fingerprint density at radius 1 is 1.42 bits per heavy atom. The van der Waals surface area contributed by atoms with Gasteiger partial charge in [-0.1, -0.05) is 32.1 Å². The molecule has 1 rings (SSSR count). The topological polar surface area (TPSA) is 0 Å². The Morgan fingerprint density at radius 3 is 2.50 bits per heavy atom. The van der Waals surface area contributed by atoms with Crippen LogP contribution in [0.15, 0.2) is 24.8 Å². The molecule has 0 N–H and O–H groups in total. The average Bonchev–Trinajstić information content (AvgIpc) is 2.38. The fourth-order valence-electron chi connectivity index (χ4n) is 2.10. The van der Waals surface area contributed by atoms with Crippen LogP contribution in [0.25, 0.3) is 0 Å². The highest BCUT2D eigenvalue weighted by molar-refractivity contribution is 4.96. The lowest BCUT2D eigenvalue weighted by Crippen LogP contribution is -2.14. The molecule has 0 unspecified atom stereocenters. The summed E-state index contributed by atoms with van der Waals surface area (Å²) in [5, 5.41) is 0. The molecule has 0 spiro atoms. The first-order valence-electron chi connectivity index (χ1n) is 4.90. The normalized spacial score (nSPS) is 18.5. The Hall–Kier alpha value is -0.520. The summed E-state index contributed by atoms with van der Waals surface area (Å²) in [5.74, 6) is 0.903. The summed E-state index contributed by atoms with van der Waals surface area (Å²) in [6, 6.07) is 0. The van der Waals surface area contributed by atoms with Crippen LogP contribution in [-0.2, 0) is 0 Å². The Labute approximate surface area is 76.4 Å². The van der Waals surface area contributed by atoms with Crippen LogP contribution in [0.3, 0.4) is 0 Å². The van der Waals surface area contributed by atoms with Gasteiger partial charge in [0.25, 0.3) is 0 Å². The Kier molecular flexibility index (Phi) is 3.13. The Morgan fingerprint density at radius 2 is 2.00 bits per heavy atom. The number of hydrogen-bond acceptors (Lipinski definition) is 0. The predicted molar refractivity (Wildman–Crippen MR) is 55.1 cm³/mol. The van der Waals surface area contributed by atoms with Gasteiger partial charge in [0, 0.05) is 0 Å². The van der Waals surface area contributed by atoms with Crippen molar-refractivity contribution in [3.8, 4) is 0 Å². The van der Waals surface area contributed by atoms with Crippen LogP contribution in [0.4, 0.5) is 0 Å². The van der Waals surface area contributed by atoms with Gasteiger partial charge >= 0.3 is 0 Å². The van der Waals surface area contributed by atoms with Gasteiger partial charge in [-0.15, -0.1) is 6.58 Å². The molecule has 0 heterocycles. The van der Waals surface area contributed by atoms with Crippen molar-refractivity contribution in [2.45, 2.75) is 39.5 Å². The fourth-order valence-corrected chi connectivity index (χ4v) is 2.10. The average molecular weight is 164 g/mol. The zero-order valence-electron chi connectivity index (χ0n) is 8.34. The van der Waals surface area contributed by atoms with E-state index in [0.29, 0.717) is 5.41 Å². The maximum Gasteiger partial charge on any atom is -0.0302 e. The van der Waals surface area contributed by atoms with Gasteiger partial charge in [-0.3, -0.25) is 0 Å². The minimum absolute atomic E-state index is 0.457. The molecule has 0 saturated carbocycles. The maximum atomic E-state index is 3.80. The van der Waals surface area contributed by atoms with Crippen molar-refractivity contribution in [2.75, 3.05) is 0 Å². The molecule has 0 saturated heterocycles. The number of allylic oxidation sites excluding steroid dienone is 3. The molecular weight excluding hydrogens is 144 g/mol. The van der Waals surface area contributed by atoms with E-state index in [1.807, 2.05) is 6.08 Å². The summed E-state index contributed by atoms with van der Waals surface area (Å²) in [6.07, 6.45) is 11.7. The molecule has 0 aromatic rings. The summed E-state index contributed by atoms with van der Waals surface area (Å²) in [4.78, 5) is 0. The van der Waals surface area contributed by atoms with E-state index >= 15 is 0 Å². The molecule has 0 nitrogen and oxygen atoms in total. The van der Waals surface area contributed by atoms with E-state index < -0.39 is 0 Å². The van der Waals surface area contributed by atoms with Crippen molar-refractivity contribution in [1.82, 2.24) is 0 Å². The van der Waals surface area contributed by atoms with Crippen LogP contribution >= 0.6 is 0 Å². The van der Waals surface area contributed by atoms with Crippen molar-refractivity contribution < 1.29 is 0 Å². The second kappa shape index (κ2) is 3.93. The Balaban J connectivity index is 2.32. The molecule has 0 atom stereocenters. The van der Waals surface area contributed by atoms with E-state index in [0.717, 1.165) is 12.3 Å². The van der Waals surface area contributed by atoms with E-state index in [4.69, 9.17) is 0 Å². The second-order valence-corrected chi connectivity index (χ2v) is 4.67.